The molecule has 3 heterocycles. The predicted octanol–water partition coefficient (Wildman–Crippen LogP) is 4.98. The number of pyridine rings is 1. The third kappa shape index (κ3) is 3.80. The summed E-state index contributed by atoms with van der Waals surface area (Å²) in [6.45, 7) is 4.01. The van der Waals surface area contributed by atoms with Crippen LogP contribution in [0.5, 0.6) is 0 Å². The van der Waals surface area contributed by atoms with Gasteiger partial charge in [-0.05, 0) is 43.7 Å². The van der Waals surface area contributed by atoms with Crippen molar-refractivity contribution in [2.75, 3.05) is 5.32 Å². The highest BCUT2D eigenvalue weighted by Gasteiger charge is 2.17. The second-order valence-electron chi connectivity index (χ2n) is 6.62. The van der Waals surface area contributed by atoms with Crippen LogP contribution in [0.1, 0.15) is 41.0 Å². The molecule has 3 aromatic heterocycles. The lowest BCUT2D eigenvalue weighted by atomic mass is 10.2. The quantitative estimate of drug-likeness (QED) is 0.485. The minimum absolute atomic E-state index is 0.165. The minimum atomic E-state index is -0.165. The van der Waals surface area contributed by atoms with Crippen LogP contribution in [0.25, 0.3) is 21.7 Å². The molecule has 1 aromatic carbocycles. The van der Waals surface area contributed by atoms with Crippen LogP contribution in [0.15, 0.2) is 42.6 Å². The van der Waals surface area contributed by atoms with Crippen molar-refractivity contribution in [3.63, 3.8) is 0 Å². The number of carbonyl (C=O) groups excluding carboxylic acids is 1. The van der Waals surface area contributed by atoms with Crippen LogP contribution >= 0.6 is 11.3 Å². The lowest BCUT2D eigenvalue weighted by Crippen LogP contribution is -2.11. The van der Waals surface area contributed by atoms with Crippen LogP contribution in [-0.4, -0.2) is 25.8 Å². The fourth-order valence-corrected chi connectivity index (χ4v) is 3.93. The molecule has 0 unspecified atom stereocenters. The fourth-order valence-electron chi connectivity index (χ4n) is 3.00. The molecule has 2 N–H and O–H groups in total. The van der Waals surface area contributed by atoms with Crippen LogP contribution in [0.4, 0.5) is 5.69 Å². The number of H-pyrrole nitrogens is 1. The molecule has 0 aliphatic heterocycles. The number of nitrogens with zero attached hydrogens (tertiary/aromatic N) is 3. The average Bonchev–Trinajstić information content (AvgIpc) is 3.29. The van der Waals surface area contributed by atoms with Gasteiger partial charge in [0.1, 0.15) is 15.7 Å². The zero-order valence-electron chi connectivity index (χ0n) is 15.8. The Balaban J connectivity index is 1.54. The van der Waals surface area contributed by atoms with E-state index < -0.39 is 0 Å². The lowest BCUT2D eigenvalue weighted by Gasteiger charge is -2.03. The van der Waals surface area contributed by atoms with Crippen molar-refractivity contribution in [1.82, 2.24) is 19.9 Å². The highest BCUT2D eigenvalue weighted by Crippen LogP contribution is 2.27. The van der Waals surface area contributed by atoms with E-state index >= 15 is 0 Å². The lowest BCUT2D eigenvalue weighted by molar-refractivity contribution is 0.103. The SMILES string of the molecule is CCCCc1nc2ccc(NC(=O)c3sc(-c4ccccn4)nc3C)cc2[nH]1. The van der Waals surface area contributed by atoms with Gasteiger partial charge in [0.05, 0.1) is 22.4 Å². The van der Waals surface area contributed by atoms with Gasteiger partial charge in [-0.1, -0.05) is 19.4 Å². The molecule has 0 radical (unpaired) electrons. The van der Waals surface area contributed by atoms with Crippen LogP contribution in [-0.2, 0) is 6.42 Å². The van der Waals surface area contributed by atoms with Crippen molar-refractivity contribution < 1.29 is 4.79 Å². The van der Waals surface area contributed by atoms with E-state index in [2.05, 4.69) is 32.2 Å². The first-order valence-electron chi connectivity index (χ1n) is 9.33. The van der Waals surface area contributed by atoms with E-state index in [9.17, 15) is 4.79 Å². The molecule has 0 aliphatic rings. The molecule has 1 amide bonds. The van der Waals surface area contributed by atoms with Gasteiger partial charge in [0.2, 0.25) is 0 Å². The molecule has 0 saturated carbocycles. The van der Waals surface area contributed by atoms with Gasteiger partial charge in [-0.15, -0.1) is 11.3 Å². The third-order valence-electron chi connectivity index (χ3n) is 4.44. The Kier molecular flexibility index (Phi) is 5.16. The number of imidazole rings is 1. The monoisotopic (exact) mass is 391 g/mol. The van der Waals surface area contributed by atoms with Crippen molar-refractivity contribution in [2.24, 2.45) is 0 Å². The zero-order valence-corrected chi connectivity index (χ0v) is 16.6. The maximum absolute atomic E-state index is 12.8. The summed E-state index contributed by atoms with van der Waals surface area (Å²) in [5.74, 6) is 0.820. The van der Waals surface area contributed by atoms with Crippen molar-refractivity contribution in [3.05, 3.63) is 59.0 Å². The van der Waals surface area contributed by atoms with Gasteiger partial charge in [0, 0.05) is 18.3 Å². The van der Waals surface area contributed by atoms with Crippen molar-refractivity contribution in [2.45, 2.75) is 33.1 Å². The van der Waals surface area contributed by atoms with Gasteiger partial charge in [0.15, 0.2) is 0 Å². The molecular formula is C21H21N5OS. The minimum Gasteiger partial charge on any atom is -0.342 e. The molecule has 0 spiro atoms. The van der Waals surface area contributed by atoms with Crippen LogP contribution in [0, 0.1) is 6.92 Å². The first kappa shape index (κ1) is 18.3. The summed E-state index contributed by atoms with van der Waals surface area (Å²) < 4.78 is 0. The Morgan fingerprint density at radius 3 is 2.89 bits per heavy atom. The second kappa shape index (κ2) is 7.90. The molecule has 0 aliphatic carbocycles. The fraction of sp³-hybridized carbons (Fsp3) is 0.238. The maximum Gasteiger partial charge on any atom is 0.267 e. The molecule has 6 nitrogen and oxygen atoms in total. The number of rotatable bonds is 6. The number of unbranched alkanes of at least 4 members (excludes halogenated alkanes) is 1. The summed E-state index contributed by atoms with van der Waals surface area (Å²) in [7, 11) is 0. The number of anilines is 1. The highest BCUT2D eigenvalue weighted by molar-refractivity contribution is 7.17. The van der Waals surface area contributed by atoms with Crippen LogP contribution in [0.3, 0.4) is 0 Å². The number of aromatic amines is 1. The largest absolute Gasteiger partial charge is 0.342 e. The van der Waals surface area contributed by atoms with E-state index in [0.29, 0.717) is 10.6 Å². The van der Waals surface area contributed by atoms with E-state index in [0.717, 1.165) is 52.5 Å². The topological polar surface area (TPSA) is 83.6 Å². The molecule has 7 heteroatoms. The Labute approximate surface area is 167 Å². The number of aromatic nitrogens is 4. The molecule has 4 aromatic rings. The van der Waals surface area contributed by atoms with E-state index in [1.807, 2.05) is 43.3 Å². The van der Waals surface area contributed by atoms with Gasteiger partial charge in [0.25, 0.3) is 5.91 Å². The van der Waals surface area contributed by atoms with Gasteiger partial charge < -0.3 is 10.3 Å². The molecule has 142 valence electrons. The molecule has 0 bridgehead atoms. The van der Waals surface area contributed by atoms with Gasteiger partial charge in [-0.25, -0.2) is 9.97 Å². The Morgan fingerprint density at radius 1 is 1.21 bits per heavy atom. The molecular weight excluding hydrogens is 370 g/mol. The van der Waals surface area contributed by atoms with E-state index in [4.69, 9.17) is 0 Å². The highest BCUT2D eigenvalue weighted by atomic mass is 32.1. The average molecular weight is 392 g/mol. The third-order valence-corrected chi connectivity index (χ3v) is 5.62. The number of amides is 1. The predicted molar refractivity (Wildman–Crippen MR) is 113 cm³/mol. The molecule has 0 atom stereocenters. The zero-order chi connectivity index (χ0) is 19.5. The smallest absolute Gasteiger partial charge is 0.267 e. The number of fused-ring (bicyclic) bond motifs is 1. The van der Waals surface area contributed by atoms with E-state index in [1.54, 1.807) is 6.20 Å². The number of thiazole rings is 1. The second-order valence-corrected chi connectivity index (χ2v) is 7.62. The van der Waals surface area contributed by atoms with Crippen molar-refractivity contribution >= 4 is 34.0 Å². The van der Waals surface area contributed by atoms with Gasteiger partial charge >= 0.3 is 0 Å². The van der Waals surface area contributed by atoms with Crippen molar-refractivity contribution in [3.8, 4) is 10.7 Å². The van der Waals surface area contributed by atoms with Gasteiger partial charge in [-0.2, -0.15) is 0 Å². The molecule has 0 saturated heterocycles. The van der Waals surface area contributed by atoms with E-state index in [1.165, 1.54) is 11.3 Å². The Bertz CT molecular complexity index is 1120. The first-order valence-corrected chi connectivity index (χ1v) is 10.1. The van der Waals surface area contributed by atoms with E-state index in [-0.39, 0.29) is 5.91 Å². The summed E-state index contributed by atoms with van der Waals surface area (Å²) in [5, 5.41) is 3.72. The van der Waals surface area contributed by atoms with Crippen LogP contribution in [0.2, 0.25) is 0 Å². The molecule has 4 rings (SSSR count). The van der Waals surface area contributed by atoms with Crippen LogP contribution < -0.4 is 5.32 Å². The first-order chi connectivity index (χ1) is 13.6. The maximum atomic E-state index is 12.8. The number of carbonyl (C=O) groups is 1. The Hall–Kier alpha value is -3.06. The summed E-state index contributed by atoms with van der Waals surface area (Å²) in [5.41, 5.74) is 4.05. The molecule has 28 heavy (non-hydrogen) atoms. The summed E-state index contributed by atoms with van der Waals surface area (Å²) in [6.07, 6.45) is 4.89. The summed E-state index contributed by atoms with van der Waals surface area (Å²) in [4.78, 5) is 30.1. The number of hydrogen-bond donors (Lipinski definition) is 2. The number of nitrogens with one attached hydrogen (secondary N) is 2. The van der Waals surface area contributed by atoms with Gasteiger partial charge in [-0.3, -0.25) is 9.78 Å². The standard InChI is InChI=1S/C21H21N5OS/c1-3-4-8-18-25-15-10-9-14(12-17(15)26-18)24-20(27)19-13(2)23-21(28-19)16-7-5-6-11-22-16/h5-7,9-12H,3-4,8H2,1-2H3,(H,24,27)(H,25,26). The summed E-state index contributed by atoms with van der Waals surface area (Å²) >= 11 is 1.35. The Morgan fingerprint density at radius 2 is 2.11 bits per heavy atom. The normalized spacial score (nSPS) is 11.1. The summed E-state index contributed by atoms with van der Waals surface area (Å²) in [6, 6.07) is 11.4. The van der Waals surface area contributed by atoms with Crippen molar-refractivity contribution in [1.29, 1.82) is 0 Å². The number of hydrogen-bond acceptors (Lipinski definition) is 5. The number of benzene rings is 1. The number of aryl methyl sites for hydroxylation is 2. The molecule has 0 fully saturated rings.